The molecule has 0 aromatic carbocycles. The van der Waals surface area contributed by atoms with Crippen LogP contribution in [0.1, 0.15) is 33.6 Å². The molecule has 6 nitrogen and oxygen atoms in total. The van der Waals surface area contributed by atoms with Crippen LogP contribution in [-0.2, 0) is 19.0 Å². The third-order valence-electron chi connectivity index (χ3n) is 6.75. The third-order valence-corrected chi connectivity index (χ3v) is 6.75. The number of ether oxygens (including phenoxy) is 3. The van der Waals surface area contributed by atoms with Crippen molar-refractivity contribution in [3.63, 3.8) is 0 Å². The molecule has 23 heavy (non-hydrogen) atoms. The van der Waals surface area contributed by atoms with Gasteiger partial charge in [-0.2, -0.15) is 0 Å². The molecule has 1 saturated carbocycles. The number of aliphatic hydroxyl groups is 2. The van der Waals surface area contributed by atoms with Crippen LogP contribution in [0.5, 0.6) is 0 Å². The number of esters is 1. The molecule has 0 amide bonds. The van der Waals surface area contributed by atoms with E-state index in [0.717, 1.165) is 5.57 Å². The van der Waals surface area contributed by atoms with Crippen LogP contribution < -0.4 is 0 Å². The minimum absolute atomic E-state index is 0.191. The summed E-state index contributed by atoms with van der Waals surface area (Å²) in [6.45, 7) is 5.71. The topological polar surface area (TPSA) is 88.5 Å². The summed E-state index contributed by atoms with van der Waals surface area (Å²) in [5, 5.41) is 21.2. The first-order chi connectivity index (χ1) is 10.8. The Morgan fingerprint density at radius 1 is 1.52 bits per heavy atom. The van der Waals surface area contributed by atoms with Crippen LogP contribution in [0.3, 0.4) is 0 Å². The van der Waals surface area contributed by atoms with E-state index in [9.17, 15) is 15.0 Å². The second-order valence-electron chi connectivity index (χ2n) is 7.77. The fourth-order valence-electron chi connectivity index (χ4n) is 5.48. The highest BCUT2D eigenvalue weighted by Gasteiger charge is 2.83. The monoisotopic (exact) mass is 324 g/mol. The van der Waals surface area contributed by atoms with E-state index in [1.54, 1.807) is 0 Å². The number of carbonyl (C=O) groups is 1. The molecule has 2 aliphatic heterocycles. The summed E-state index contributed by atoms with van der Waals surface area (Å²) in [5.74, 6) is -0.348. The number of aliphatic hydroxyl groups excluding tert-OH is 2. The Morgan fingerprint density at radius 2 is 2.22 bits per heavy atom. The molecule has 7 atom stereocenters. The summed E-state index contributed by atoms with van der Waals surface area (Å²) in [6.07, 6.45) is 1.16. The molecule has 0 unspecified atom stereocenters. The molecule has 2 bridgehead atoms. The zero-order valence-corrected chi connectivity index (χ0v) is 13.7. The predicted molar refractivity (Wildman–Crippen MR) is 79.5 cm³/mol. The van der Waals surface area contributed by atoms with E-state index in [0.29, 0.717) is 19.4 Å². The Labute approximate surface area is 135 Å². The minimum atomic E-state index is -0.839. The third kappa shape index (κ3) is 1.65. The first kappa shape index (κ1) is 15.6. The summed E-state index contributed by atoms with van der Waals surface area (Å²) in [5.41, 5.74) is -0.883. The quantitative estimate of drug-likeness (QED) is 0.438. The lowest BCUT2D eigenvalue weighted by atomic mass is 9.51. The molecule has 2 N–H and O–H groups in total. The second kappa shape index (κ2) is 4.57. The highest BCUT2D eigenvalue weighted by molar-refractivity contribution is 5.66. The van der Waals surface area contributed by atoms with Crippen LogP contribution in [0.4, 0.5) is 0 Å². The highest BCUT2D eigenvalue weighted by Crippen LogP contribution is 2.71. The van der Waals surface area contributed by atoms with Crippen LogP contribution in [0.25, 0.3) is 0 Å². The maximum atomic E-state index is 11.5. The van der Waals surface area contributed by atoms with Crippen molar-refractivity contribution in [3.8, 4) is 0 Å². The van der Waals surface area contributed by atoms with E-state index in [4.69, 9.17) is 14.2 Å². The highest BCUT2D eigenvalue weighted by atomic mass is 16.7. The molecule has 2 heterocycles. The first-order valence-corrected chi connectivity index (χ1v) is 8.23. The Balaban J connectivity index is 1.84. The van der Waals surface area contributed by atoms with Crippen molar-refractivity contribution in [2.45, 2.75) is 63.6 Å². The molecular weight excluding hydrogens is 300 g/mol. The predicted octanol–water partition coefficient (Wildman–Crippen LogP) is 0.554. The Hall–Kier alpha value is -0.950. The fourth-order valence-corrected chi connectivity index (χ4v) is 5.48. The summed E-state index contributed by atoms with van der Waals surface area (Å²) in [4.78, 5) is 11.5. The van der Waals surface area contributed by atoms with Crippen LogP contribution in [0, 0.1) is 10.8 Å². The molecule has 0 radical (unpaired) electrons. The average molecular weight is 324 g/mol. The molecular formula is C17H24O6. The number of rotatable bonds is 2. The molecule has 3 fully saturated rings. The number of fused-ring (bicyclic) bond motifs is 2. The average Bonchev–Trinajstić information content (AvgIpc) is 3.21. The molecule has 1 spiro atoms. The van der Waals surface area contributed by atoms with Crippen molar-refractivity contribution in [2.24, 2.45) is 10.8 Å². The summed E-state index contributed by atoms with van der Waals surface area (Å²) in [7, 11) is 0. The fraction of sp³-hybridized carbons (Fsp3) is 0.824. The van der Waals surface area contributed by atoms with Gasteiger partial charge in [-0.15, -0.1) is 0 Å². The van der Waals surface area contributed by atoms with Gasteiger partial charge in [0.05, 0.1) is 30.8 Å². The van der Waals surface area contributed by atoms with Crippen molar-refractivity contribution in [3.05, 3.63) is 11.6 Å². The van der Waals surface area contributed by atoms with Crippen LogP contribution in [0.15, 0.2) is 11.6 Å². The molecule has 4 aliphatic rings. The van der Waals surface area contributed by atoms with Gasteiger partial charge in [0.1, 0.15) is 17.8 Å². The normalized spacial score (nSPS) is 53.7. The molecule has 128 valence electrons. The first-order valence-electron chi connectivity index (χ1n) is 8.23. The van der Waals surface area contributed by atoms with E-state index >= 15 is 0 Å². The van der Waals surface area contributed by atoms with E-state index in [1.807, 2.05) is 19.9 Å². The van der Waals surface area contributed by atoms with Crippen LogP contribution >= 0.6 is 0 Å². The smallest absolute Gasteiger partial charge is 0.302 e. The Kier molecular flexibility index (Phi) is 3.09. The van der Waals surface area contributed by atoms with Gasteiger partial charge in [-0.1, -0.05) is 18.6 Å². The maximum absolute atomic E-state index is 11.5. The Bertz CT molecular complexity index is 582. The van der Waals surface area contributed by atoms with E-state index in [-0.39, 0.29) is 18.7 Å². The number of epoxide rings is 1. The van der Waals surface area contributed by atoms with Gasteiger partial charge in [0, 0.05) is 12.3 Å². The molecule has 2 saturated heterocycles. The number of carbonyl (C=O) groups excluding carboxylic acids is 1. The van der Waals surface area contributed by atoms with Gasteiger partial charge >= 0.3 is 5.97 Å². The summed E-state index contributed by atoms with van der Waals surface area (Å²) < 4.78 is 17.6. The van der Waals surface area contributed by atoms with Crippen molar-refractivity contribution in [2.75, 3.05) is 13.2 Å². The standard InChI is InChI=1S/C17H24O6/c1-9-4-12(20)16(7-18)13(5-9)23-14-11(22-10(2)19)6-15(16,3)17(14)8-21-17/h5,11-14,18,20H,4,6-8H2,1-3H3/t11-,12-,13-,14-,15-,16+,17-/m1/s1. The SMILES string of the molecule is CC(=O)O[C@@H]1C[C@]2(C)[C@@]3(CO)[C@H](O)CC(C)=C[C@H]3O[C@H]1[C@]21CO1. The van der Waals surface area contributed by atoms with Gasteiger partial charge in [-0.25, -0.2) is 0 Å². The zero-order valence-electron chi connectivity index (χ0n) is 13.7. The molecule has 2 aliphatic carbocycles. The van der Waals surface area contributed by atoms with Crippen molar-refractivity contribution >= 4 is 5.97 Å². The number of hydrogen-bond acceptors (Lipinski definition) is 6. The minimum Gasteiger partial charge on any atom is -0.460 e. The van der Waals surface area contributed by atoms with Gasteiger partial charge in [0.25, 0.3) is 0 Å². The van der Waals surface area contributed by atoms with Gasteiger partial charge in [-0.3, -0.25) is 4.79 Å². The number of hydrogen-bond donors (Lipinski definition) is 2. The maximum Gasteiger partial charge on any atom is 0.302 e. The zero-order chi connectivity index (χ0) is 16.6. The van der Waals surface area contributed by atoms with Gasteiger partial charge in [0.2, 0.25) is 0 Å². The van der Waals surface area contributed by atoms with Crippen LogP contribution in [0.2, 0.25) is 0 Å². The van der Waals surface area contributed by atoms with Crippen LogP contribution in [-0.4, -0.2) is 59.4 Å². The van der Waals surface area contributed by atoms with E-state index in [2.05, 4.69) is 0 Å². The largest absolute Gasteiger partial charge is 0.460 e. The lowest BCUT2D eigenvalue weighted by Crippen LogP contribution is -2.68. The van der Waals surface area contributed by atoms with Crippen molar-refractivity contribution in [1.29, 1.82) is 0 Å². The van der Waals surface area contributed by atoms with Crippen molar-refractivity contribution < 1.29 is 29.2 Å². The summed E-state index contributed by atoms with van der Waals surface area (Å²) in [6, 6.07) is 0. The molecule has 4 rings (SSSR count). The molecule has 0 aromatic heterocycles. The van der Waals surface area contributed by atoms with Gasteiger partial charge in [-0.05, 0) is 19.8 Å². The second-order valence-corrected chi connectivity index (χ2v) is 7.77. The van der Waals surface area contributed by atoms with E-state index < -0.39 is 34.7 Å². The molecule has 0 aromatic rings. The lowest BCUT2D eigenvalue weighted by Gasteiger charge is -2.58. The lowest BCUT2D eigenvalue weighted by molar-refractivity contribution is -0.249. The van der Waals surface area contributed by atoms with Crippen molar-refractivity contribution in [1.82, 2.24) is 0 Å². The van der Waals surface area contributed by atoms with Gasteiger partial charge in [0.15, 0.2) is 0 Å². The Morgan fingerprint density at radius 3 is 2.78 bits per heavy atom. The van der Waals surface area contributed by atoms with Gasteiger partial charge < -0.3 is 24.4 Å². The summed E-state index contributed by atoms with van der Waals surface area (Å²) >= 11 is 0. The van der Waals surface area contributed by atoms with E-state index in [1.165, 1.54) is 6.92 Å². The molecule has 6 heteroatoms.